The monoisotopic (exact) mass is 186 g/mol. The summed E-state index contributed by atoms with van der Waals surface area (Å²) in [4.78, 5) is 11.4. The number of aliphatic hydroxyl groups excluding tert-OH is 1. The van der Waals surface area contributed by atoms with E-state index in [2.05, 4.69) is 0 Å². The average molecular weight is 186 g/mol. The lowest BCUT2D eigenvalue weighted by atomic mass is 9.67. The largest absolute Gasteiger partial charge is 0.469 e. The first-order valence-electron chi connectivity index (χ1n) is 4.75. The summed E-state index contributed by atoms with van der Waals surface area (Å²) in [6.45, 7) is 4.02. The highest BCUT2D eigenvalue weighted by Crippen LogP contribution is 2.41. The molecule has 0 spiro atoms. The normalized spacial score (nSPS) is 32.6. The van der Waals surface area contributed by atoms with E-state index in [4.69, 9.17) is 4.74 Å². The maximum absolute atomic E-state index is 11.4. The van der Waals surface area contributed by atoms with Gasteiger partial charge < -0.3 is 9.84 Å². The molecule has 13 heavy (non-hydrogen) atoms. The Labute approximate surface area is 79.1 Å². The van der Waals surface area contributed by atoms with Crippen LogP contribution >= 0.6 is 0 Å². The molecule has 1 saturated carbocycles. The molecule has 76 valence electrons. The predicted octanol–water partition coefficient (Wildman–Crippen LogP) is 1.35. The fourth-order valence-electron chi connectivity index (χ4n) is 2.21. The first kappa shape index (κ1) is 10.5. The van der Waals surface area contributed by atoms with E-state index >= 15 is 0 Å². The molecule has 1 fully saturated rings. The van der Waals surface area contributed by atoms with Crippen LogP contribution in [-0.4, -0.2) is 24.3 Å². The van der Waals surface area contributed by atoms with E-state index in [1.54, 1.807) is 0 Å². The molecular formula is C10H18O3. The van der Waals surface area contributed by atoms with Crippen LogP contribution in [0.2, 0.25) is 0 Å². The molecule has 2 unspecified atom stereocenters. The summed E-state index contributed by atoms with van der Waals surface area (Å²) in [5.41, 5.74) is -0.134. The third-order valence-electron chi connectivity index (χ3n) is 3.00. The number of carbonyl (C=O) groups excluding carboxylic acids is 1. The molecule has 3 heteroatoms. The number of rotatable bonds is 1. The fraction of sp³-hybridized carbons (Fsp3) is 0.900. The van der Waals surface area contributed by atoms with Crippen LogP contribution in [0.25, 0.3) is 0 Å². The molecule has 1 aliphatic carbocycles. The molecule has 0 amide bonds. The van der Waals surface area contributed by atoms with Crippen molar-refractivity contribution in [2.24, 2.45) is 11.3 Å². The molecule has 0 radical (unpaired) electrons. The van der Waals surface area contributed by atoms with Gasteiger partial charge in [-0.15, -0.1) is 0 Å². The predicted molar refractivity (Wildman–Crippen MR) is 49.1 cm³/mol. The first-order valence-corrected chi connectivity index (χ1v) is 4.75. The summed E-state index contributed by atoms with van der Waals surface area (Å²) in [7, 11) is 1.37. The zero-order valence-corrected chi connectivity index (χ0v) is 8.54. The molecule has 0 aromatic rings. The molecular weight excluding hydrogens is 168 g/mol. The summed E-state index contributed by atoms with van der Waals surface area (Å²) in [6, 6.07) is 0. The van der Waals surface area contributed by atoms with Crippen LogP contribution < -0.4 is 0 Å². The smallest absolute Gasteiger partial charge is 0.311 e. The Balaban J connectivity index is 2.80. The molecule has 2 atom stereocenters. The number of esters is 1. The molecule has 0 aliphatic heterocycles. The molecule has 0 aromatic heterocycles. The van der Waals surface area contributed by atoms with E-state index in [0.717, 1.165) is 12.8 Å². The Morgan fingerprint density at radius 1 is 1.54 bits per heavy atom. The second kappa shape index (κ2) is 3.66. The van der Waals surface area contributed by atoms with Crippen molar-refractivity contribution in [3.63, 3.8) is 0 Å². The van der Waals surface area contributed by atoms with E-state index in [1.165, 1.54) is 7.11 Å². The van der Waals surface area contributed by atoms with Gasteiger partial charge in [-0.1, -0.05) is 20.3 Å². The van der Waals surface area contributed by atoms with Crippen molar-refractivity contribution < 1.29 is 14.6 Å². The zero-order chi connectivity index (χ0) is 10.1. The Bertz CT molecular complexity index is 198. The number of ether oxygens (including phenoxy) is 1. The summed E-state index contributed by atoms with van der Waals surface area (Å²) in [6.07, 6.45) is 2.14. The molecule has 1 N–H and O–H groups in total. The number of hydrogen-bond acceptors (Lipinski definition) is 3. The van der Waals surface area contributed by atoms with Gasteiger partial charge in [-0.25, -0.2) is 0 Å². The average Bonchev–Trinajstić information content (AvgIpc) is 2.02. The molecule has 1 rings (SSSR count). The number of aliphatic hydroxyl groups is 1. The maximum atomic E-state index is 11.4. The van der Waals surface area contributed by atoms with Gasteiger partial charge >= 0.3 is 5.97 Å². The van der Waals surface area contributed by atoms with Gasteiger partial charge in [-0.05, 0) is 18.3 Å². The van der Waals surface area contributed by atoms with Crippen molar-refractivity contribution in [2.45, 2.75) is 39.2 Å². The maximum Gasteiger partial charge on any atom is 0.311 e. The second-order valence-electron chi connectivity index (χ2n) is 4.45. The molecule has 0 aromatic carbocycles. The van der Waals surface area contributed by atoms with Crippen molar-refractivity contribution in [3.05, 3.63) is 0 Å². The molecule has 3 nitrogen and oxygen atoms in total. The highest BCUT2D eigenvalue weighted by atomic mass is 16.5. The van der Waals surface area contributed by atoms with Crippen LogP contribution in [0.15, 0.2) is 0 Å². The minimum Gasteiger partial charge on any atom is -0.469 e. The van der Waals surface area contributed by atoms with Crippen LogP contribution in [0.1, 0.15) is 33.1 Å². The molecule has 0 heterocycles. The van der Waals surface area contributed by atoms with Gasteiger partial charge in [0.05, 0.1) is 19.1 Å². The lowest BCUT2D eigenvalue weighted by molar-refractivity contribution is -0.158. The van der Waals surface area contributed by atoms with E-state index in [1.807, 2.05) is 13.8 Å². The first-order chi connectivity index (χ1) is 5.99. The van der Waals surface area contributed by atoms with Crippen LogP contribution in [0.4, 0.5) is 0 Å². The quantitative estimate of drug-likeness (QED) is 0.629. The summed E-state index contributed by atoms with van der Waals surface area (Å²) < 4.78 is 4.70. The van der Waals surface area contributed by atoms with Crippen LogP contribution in [0.5, 0.6) is 0 Å². The highest BCUT2D eigenvalue weighted by molar-refractivity contribution is 5.74. The SMILES string of the molecule is COC(=O)C1C(O)CCCC1(C)C. The van der Waals surface area contributed by atoms with Gasteiger partial charge in [0.1, 0.15) is 0 Å². The third kappa shape index (κ3) is 2.02. The third-order valence-corrected chi connectivity index (χ3v) is 3.00. The van der Waals surface area contributed by atoms with Crippen LogP contribution in [0, 0.1) is 11.3 Å². The highest BCUT2D eigenvalue weighted by Gasteiger charge is 2.43. The van der Waals surface area contributed by atoms with Crippen LogP contribution in [-0.2, 0) is 9.53 Å². The van der Waals surface area contributed by atoms with Gasteiger partial charge in [0.2, 0.25) is 0 Å². The Morgan fingerprint density at radius 3 is 2.62 bits per heavy atom. The fourth-order valence-corrected chi connectivity index (χ4v) is 2.21. The van der Waals surface area contributed by atoms with Gasteiger partial charge in [0.25, 0.3) is 0 Å². The van der Waals surface area contributed by atoms with Crippen LogP contribution in [0.3, 0.4) is 0 Å². The standard InChI is InChI=1S/C10H18O3/c1-10(2)6-4-5-7(11)8(10)9(12)13-3/h7-8,11H,4-6H2,1-3H3. The number of methoxy groups -OCH3 is 1. The molecule has 1 aliphatic rings. The van der Waals surface area contributed by atoms with Gasteiger partial charge in [0, 0.05) is 0 Å². The second-order valence-corrected chi connectivity index (χ2v) is 4.45. The summed E-state index contributed by atoms with van der Waals surface area (Å²) in [5.74, 6) is -0.636. The van der Waals surface area contributed by atoms with Crippen molar-refractivity contribution in [2.75, 3.05) is 7.11 Å². The lowest BCUT2D eigenvalue weighted by Gasteiger charge is -2.39. The molecule has 0 bridgehead atoms. The summed E-state index contributed by atoms with van der Waals surface area (Å²) in [5, 5.41) is 9.71. The van der Waals surface area contributed by atoms with E-state index in [0.29, 0.717) is 6.42 Å². The zero-order valence-electron chi connectivity index (χ0n) is 8.54. The Hall–Kier alpha value is -0.570. The minimum absolute atomic E-state index is 0.134. The Morgan fingerprint density at radius 2 is 2.15 bits per heavy atom. The molecule has 0 saturated heterocycles. The van der Waals surface area contributed by atoms with E-state index in [9.17, 15) is 9.90 Å². The van der Waals surface area contributed by atoms with Gasteiger partial charge in [-0.2, -0.15) is 0 Å². The van der Waals surface area contributed by atoms with Crippen molar-refractivity contribution in [3.8, 4) is 0 Å². The van der Waals surface area contributed by atoms with Crippen molar-refractivity contribution >= 4 is 5.97 Å². The number of hydrogen-bond donors (Lipinski definition) is 1. The van der Waals surface area contributed by atoms with Gasteiger partial charge in [0.15, 0.2) is 0 Å². The van der Waals surface area contributed by atoms with E-state index < -0.39 is 6.10 Å². The van der Waals surface area contributed by atoms with Gasteiger partial charge in [-0.3, -0.25) is 4.79 Å². The Kier molecular flexibility index (Phi) is 2.96. The lowest BCUT2D eigenvalue weighted by Crippen LogP contribution is -2.43. The van der Waals surface area contributed by atoms with Crippen molar-refractivity contribution in [1.82, 2.24) is 0 Å². The summed E-state index contributed by atoms with van der Waals surface area (Å²) >= 11 is 0. The number of carbonyl (C=O) groups is 1. The van der Waals surface area contributed by atoms with Crippen molar-refractivity contribution in [1.29, 1.82) is 0 Å². The minimum atomic E-state index is -0.531. The topological polar surface area (TPSA) is 46.5 Å². The van der Waals surface area contributed by atoms with E-state index in [-0.39, 0.29) is 17.3 Å².